The van der Waals surface area contributed by atoms with Crippen molar-refractivity contribution in [1.29, 1.82) is 0 Å². The Balaban J connectivity index is 2.46. The standard InChI is InChI=1S/C7H4F3N4/c8-7(9,10)4-2-1-3-5(11)13-14-6(3)12-4/h1-2H,(H2,11,13). The van der Waals surface area contributed by atoms with Gasteiger partial charge in [0.15, 0.2) is 11.7 Å². The van der Waals surface area contributed by atoms with Crippen LogP contribution in [0.3, 0.4) is 0 Å². The molecular formula is C7H4F3N4. The first-order valence-corrected chi connectivity index (χ1v) is 3.61. The van der Waals surface area contributed by atoms with Crippen molar-refractivity contribution in [3.8, 4) is 0 Å². The molecule has 14 heavy (non-hydrogen) atoms. The molecule has 0 unspecified atom stereocenters. The minimum atomic E-state index is -4.47. The number of nitrogens with zero attached hydrogens (tertiary/aromatic N) is 3. The molecule has 1 aliphatic rings. The van der Waals surface area contributed by atoms with Gasteiger partial charge in [0.25, 0.3) is 0 Å². The number of fused-ring (bicyclic) bond motifs is 1. The van der Waals surface area contributed by atoms with Crippen LogP contribution in [-0.2, 0) is 6.18 Å². The molecule has 1 aromatic heterocycles. The highest BCUT2D eigenvalue weighted by Gasteiger charge is 2.34. The lowest BCUT2D eigenvalue weighted by molar-refractivity contribution is -0.141. The highest BCUT2D eigenvalue weighted by Crippen LogP contribution is 2.30. The molecule has 1 radical (unpaired) electrons. The van der Waals surface area contributed by atoms with Crippen LogP contribution in [0.1, 0.15) is 11.3 Å². The van der Waals surface area contributed by atoms with Gasteiger partial charge in [-0.1, -0.05) is 0 Å². The first-order chi connectivity index (χ1) is 6.48. The molecule has 0 aliphatic carbocycles. The van der Waals surface area contributed by atoms with Gasteiger partial charge in [0.2, 0.25) is 0 Å². The predicted octanol–water partition coefficient (Wildman–Crippen LogP) is 0.970. The van der Waals surface area contributed by atoms with Crippen LogP contribution in [-0.4, -0.2) is 10.8 Å². The number of alkyl halides is 3. The lowest BCUT2D eigenvalue weighted by Crippen LogP contribution is -2.12. The number of hydrogen-bond donors (Lipinski definition) is 1. The SMILES string of the molecule is NC1=N[N]c2nc(C(F)(F)F)ccc21. The van der Waals surface area contributed by atoms with E-state index in [2.05, 4.69) is 15.5 Å². The van der Waals surface area contributed by atoms with Gasteiger partial charge >= 0.3 is 6.18 Å². The smallest absolute Gasteiger partial charge is 0.382 e. The summed E-state index contributed by atoms with van der Waals surface area (Å²) in [5.74, 6) is -0.00134. The van der Waals surface area contributed by atoms with Crippen molar-refractivity contribution in [3.63, 3.8) is 0 Å². The third kappa shape index (κ3) is 1.26. The van der Waals surface area contributed by atoms with E-state index in [9.17, 15) is 13.2 Å². The summed E-state index contributed by atoms with van der Waals surface area (Å²) in [5, 5.41) is 3.42. The normalized spacial score (nSPS) is 14.6. The second-order valence-electron chi connectivity index (χ2n) is 2.65. The molecule has 0 amide bonds. The first kappa shape index (κ1) is 8.79. The van der Waals surface area contributed by atoms with Gasteiger partial charge in [0.05, 0.1) is 5.56 Å². The summed E-state index contributed by atoms with van der Waals surface area (Å²) in [6.07, 6.45) is -4.47. The Morgan fingerprint density at radius 2 is 1.93 bits per heavy atom. The molecule has 0 atom stereocenters. The summed E-state index contributed by atoms with van der Waals surface area (Å²) < 4.78 is 36.5. The summed E-state index contributed by atoms with van der Waals surface area (Å²) in [4.78, 5) is 3.29. The topological polar surface area (TPSA) is 65.4 Å². The molecule has 1 aromatic rings. The Kier molecular flexibility index (Phi) is 1.63. The maximum absolute atomic E-state index is 12.2. The van der Waals surface area contributed by atoms with E-state index in [1.807, 2.05) is 0 Å². The van der Waals surface area contributed by atoms with Gasteiger partial charge in [0.1, 0.15) is 5.69 Å². The average molecular weight is 201 g/mol. The fraction of sp³-hybridized carbons (Fsp3) is 0.143. The van der Waals surface area contributed by atoms with E-state index in [0.717, 1.165) is 6.07 Å². The number of rotatable bonds is 0. The van der Waals surface area contributed by atoms with E-state index in [1.165, 1.54) is 6.07 Å². The van der Waals surface area contributed by atoms with Crippen LogP contribution in [0.25, 0.3) is 0 Å². The molecule has 2 rings (SSSR count). The molecule has 7 heteroatoms. The van der Waals surface area contributed by atoms with E-state index >= 15 is 0 Å². The van der Waals surface area contributed by atoms with Crippen LogP contribution in [0.4, 0.5) is 19.0 Å². The van der Waals surface area contributed by atoms with Crippen LogP contribution in [0.5, 0.6) is 0 Å². The minimum Gasteiger partial charge on any atom is -0.382 e. The van der Waals surface area contributed by atoms with Crippen LogP contribution in [0, 0.1) is 0 Å². The van der Waals surface area contributed by atoms with Gasteiger partial charge < -0.3 is 5.73 Å². The summed E-state index contributed by atoms with van der Waals surface area (Å²) in [5.41, 5.74) is 8.08. The van der Waals surface area contributed by atoms with Gasteiger partial charge in [-0.2, -0.15) is 13.2 Å². The lowest BCUT2D eigenvalue weighted by Gasteiger charge is -2.05. The Hall–Kier alpha value is -1.79. The second kappa shape index (κ2) is 2.60. The zero-order chi connectivity index (χ0) is 10.3. The van der Waals surface area contributed by atoms with E-state index < -0.39 is 11.9 Å². The monoisotopic (exact) mass is 201 g/mol. The van der Waals surface area contributed by atoms with Crippen molar-refractivity contribution in [2.45, 2.75) is 6.18 Å². The first-order valence-electron chi connectivity index (χ1n) is 3.61. The molecule has 1 aliphatic heterocycles. The summed E-state index contributed by atoms with van der Waals surface area (Å²) >= 11 is 0. The van der Waals surface area contributed by atoms with Crippen molar-refractivity contribution in [1.82, 2.24) is 10.4 Å². The average Bonchev–Trinajstić information content (AvgIpc) is 2.46. The number of hydrogen-bond acceptors (Lipinski definition) is 3. The molecule has 0 spiro atoms. The van der Waals surface area contributed by atoms with Crippen LogP contribution in [0.2, 0.25) is 0 Å². The van der Waals surface area contributed by atoms with Gasteiger partial charge in [0, 0.05) is 0 Å². The maximum atomic E-state index is 12.2. The minimum absolute atomic E-state index is 0.0845. The van der Waals surface area contributed by atoms with Crippen molar-refractivity contribution in [2.24, 2.45) is 10.8 Å². The third-order valence-corrected chi connectivity index (χ3v) is 1.69. The molecule has 0 saturated carbocycles. The Labute approximate surface area is 76.6 Å². The molecule has 0 fully saturated rings. The van der Waals surface area contributed by atoms with Crippen molar-refractivity contribution >= 4 is 11.7 Å². The highest BCUT2D eigenvalue weighted by molar-refractivity contribution is 6.03. The Bertz CT molecular complexity index is 410. The van der Waals surface area contributed by atoms with Crippen LogP contribution < -0.4 is 11.2 Å². The molecular weight excluding hydrogens is 197 g/mol. The van der Waals surface area contributed by atoms with E-state index in [-0.39, 0.29) is 11.7 Å². The van der Waals surface area contributed by atoms with Gasteiger partial charge in [-0.25, -0.2) is 4.98 Å². The third-order valence-electron chi connectivity index (χ3n) is 1.69. The predicted molar refractivity (Wildman–Crippen MR) is 41.8 cm³/mol. The van der Waals surface area contributed by atoms with E-state index in [0.29, 0.717) is 5.56 Å². The fourth-order valence-corrected chi connectivity index (χ4v) is 1.04. The lowest BCUT2D eigenvalue weighted by atomic mass is 10.2. The number of pyridine rings is 1. The Morgan fingerprint density at radius 1 is 1.21 bits per heavy atom. The van der Waals surface area contributed by atoms with Crippen molar-refractivity contribution in [3.05, 3.63) is 23.4 Å². The van der Waals surface area contributed by atoms with Crippen molar-refractivity contribution < 1.29 is 13.2 Å². The number of amidine groups is 1. The highest BCUT2D eigenvalue weighted by atomic mass is 19.4. The molecule has 0 saturated heterocycles. The molecule has 0 aromatic carbocycles. The summed E-state index contributed by atoms with van der Waals surface area (Å²) in [6.45, 7) is 0. The molecule has 4 nitrogen and oxygen atoms in total. The Morgan fingerprint density at radius 3 is 2.57 bits per heavy atom. The fourth-order valence-electron chi connectivity index (χ4n) is 1.04. The maximum Gasteiger partial charge on any atom is 0.433 e. The van der Waals surface area contributed by atoms with Gasteiger partial charge in [-0.3, -0.25) is 0 Å². The molecule has 0 bridgehead atoms. The number of aromatic nitrogens is 1. The summed E-state index contributed by atoms with van der Waals surface area (Å²) in [7, 11) is 0. The van der Waals surface area contributed by atoms with E-state index in [4.69, 9.17) is 5.73 Å². The van der Waals surface area contributed by atoms with Gasteiger partial charge in [-0.15, -0.1) is 10.5 Å². The van der Waals surface area contributed by atoms with Crippen molar-refractivity contribution in [2.75, 3.05) is 0 Å². The summed E-state index contributed by atoms with van der Waals surface area (Å²) in [6, 6.07) is 2.06. The zero-order valence-corrected chi connectivity index (χ0v) is 6.71. The van der Waals surface area contributed by atoms with Crippen LogP contribution in [0.15, 0.2) is 17.2 Å². The quantitative estimate of drug-likeness (QED) is 0.679. The number of nitrogens with two attached hydrogens (primary N) is 1. The van der Waals surface area contributed by atoms with E-state index in [1.54, 1.807) is 0 Å². The van der Waals surface area contributed by atoms with Gasteiger partial charge in [-0.05, 0) is 12.1 Å². The molecule has 73 valence electrons. The molecule has 2 N–H and O–H groups in total. The van der Waals surface area contributed by atoms with Crippen LogP contribution >= 0.6 is 0 Å². The second-order valence-corrected chi connectivity index (χ2v) is 2.65. The number of halogens is 3. The largest absolute Gasteiger partial charge is 0.433 e. The molecule has 2 heterocycles. The zero-order valence-electron chi connectivity index (χ0n) is 6.71.